The summed E-state index contributed by atoms with van der Waals surface area (Å²) in [6.45, 7) is 2.94. The molecule has 2 atom stereocenters. The monoisotopic (exact) mass is 229 g/mol. The second-order valence-electron chi connectivity index (χ2n) is 4.73. The lowest BCUT2D eigenvalue weighted by Crippen LogP contribution is -2.53. The maximum atomic E-state index is 11.4. The molecule has 1 rings (SSSR count). The van der Waals surface area contributed by atoms with E-state index >= 15 is 0 Å². The lowest BCUT2D eigenvalue weighted by atomic mass is 9.64. The Hall–Kier alpha value is -1.59. The molecule has 2 unspecified atom stereocenters. The van der Waals surface area contributed by atoms with Gasteiger partial charge in [-0.2, -0.15) is 0 Å². The molecule has 90 valence electrons. The van der Waals surface area contributed by atoms with Gasteiger partial charge in [-0.15, -0.1) is 0 Å². The van der Waals surface area contributed by atoms with Crippen molar-refractivity contribution in [3.8, 4) is 0 Å². The minimum atomic E-state index is -1.78. The molecule has 1 aliphatic rings. The fraction of sp³-hybridized carbons (Fsp3) is 0.700. The lowest BCUT2D eigenvalue weighted by Gasteiger charge is -2.36. The summed E-state index contributed by atoms with van der Waals surface area (Å²) in [5, 5.41) is 18.2. The van der Waals surface area contributed by atoms with Gasteiger partial charge >= 0.3 is 11.9 Å². The average Bonchev–Trinajstić information content (AvgIpc) is 2.36. The van der Waals surface area contributed by atoms with E-state index in [9.17, 15) is 19.5 Å². The summed E-state index contributed by atoms with van der Waals surface area (Å²) < 4.78 is 0. The molecule has 0 heterocycles. The number of carboxylic acids is 2. The number of carboxylic acid groups (broad SMARTS) is 2. The Morgan fingerprint density at radius 2 is 1.75 bits per heavy atom. The predicted molar refractivity (Wildman–Crippen MR) is 53.4 cm³/mol. The molecule has 0 spiro atoms. The van der Waals surface area contributed by atoms with Gasteiger partial charge in [-0.3, -0.25) is 14.4 Å². The average molecular weight is 229 g/mol. The van der Waals surface area contributed by atoms with E-state index in [4.69, 9.17) is 10.8 Å². The van der Waals surface area contributed by atoms with Crippen LogP contribution in [0.25, 0.3) is 0 Å². The third-order valence-electron chi connectivity index (χ3n) is 3.86. The van der Waals surface area contributed by atoms with Crippen molar-refractivity contribution in [2.24, 2.45) is 22.5 Å². The van der Waals surface area contributed by atoms with Crippen LogP contribution in [0.5, 0.6) is 0 Å². The SMILES string of the molecule is CC1(C)C(C(=O)O)CCC1(C(N)=O)C(=O)O. The number of carbonyl (C=O) groups excluding carboxylic acids is 1. The maximum Gasteiger partial charge on any atom is 0.319 e. The van der Waals surface area contributed by atoms with E-state index in [2.05, 4.69) is 0 Å². The zero-order chi connectivity index (χ0) is 12.7. The van der Waals surface area contributed by atoms with Crippen LogP contribution in [0.15, 0.2) is 0 Å². The smallest absolute Gasteiger partial charge is 0.319 e. The van der Waals surface area contributed by atoms with Gasteiger partial charge in [-0.1, -0.05) is 13.8 Å². The molecule has 0 aromatic rings. The highest BCUT2D eigenvalue weighted by Crippen LogP contribution is 2.56. The van der Waals surface area contributed by atoms with Crippen molar-refractivity contribution >= 4 is 17.8 Å². The molecule has 1 amide bonds. The highest BCUT2D eigenvalue weighted by Gasteiger charge is 2.65. The van der Waals surface area contributed by atoms with Crippen LogP contribution in [0.1, 0.15) is 26.7 Å². The Balaban J connectivity index is 3.31. The molecule has 6 nitrogen and oxygen atoms in total. The van der Waals surface area contributed by atoms with Crippen LogP contribution in [0.4, 0.5) is 0 Å². The minimum Gasteiger partial charge on any atom is -0.481 e. The van der Waals surface area contributed by atoms with Gasteiger partial charge in [0.25, 0.3) is 0 Å². The number of hydrogen-bond donors (Lipinski definition) is 3. The molecule has 0 bridgehead atoms. The topological polar surface area (TPSA) is 118 Å². The van der Waals surface area contributed by atoms with Crippen LogP contribution in [-0.2, 0) is 14.4 Å². The van der Waals surface area contributed by atoms with Crippen LogP contribution in [0.2, 0.25) is 0 Å². The molecule has 16 heavy (non-hydrogen) atoms. The Morgan fingerprint density at radius 3 is 1.94 bits per heavy atom. The van der Waals surface area contributed by atoms with Gasteiger partial charge < -0.3 is 15.9 Å². The van der Waals surface area contributed by atoms with Gasteiger partial charge in [0.1, 0.15) is 0 Å². The standard InChI is InChI=1S/C10H15NO5/c1-9(2)5(6(12)13)3-4-10(9,7(11)14)8(15)16/h5H,3-4H2,1-2H3,(H2,11,14)(H,12,13)(H,15,16). The second kappa shape index (κ2) is 3.47. The van der Waals surface area contributed by atoms with Gasteiger partial charge in [-0.05, 0) is 12.8 Å². The van der Waals surface area contributed by atoms with Crippen LogP contribution >= 0.6 is 0 Å². The van der Waals surface area contributed by atoms with E-state index in [1.807, 2.05) is 0 Å². The fourth-order valence-electron chi connectivity index (χ4n) is 2.70. The molecular weight excluding hydrogens is 214 g/mol. The zero-order valence-corrected chi connectivity index (χ0v) is 9.19. The van der Waals surface area contributed by atoms with Crippen molar-refractivity contribution in [3.63, 3.8) is 0 Å². The van der Waals surface area contributed by atoms with Crippen LogP contribution in [0.3, 0.4) is 0 Å². The Labute approximate surface area is 92.4 Å². The third-order valence-corrected chi connectivity index (χ3v) is 3.86. The van der Waals surface area contributed by atoms with E-state index in [0.717, 1.165) is 0 Å². The summed E-state index contributed by atoms with van der Waals surface area (Å²) in [6.07, 6.45) is 0.124. The molecule has 6 heteroatoms. The molecule has 1 aliphatic carbocycles. The molecule has 0 aromatic heterocycles. The largest absolute Gasteiger partial charge is 0.481 e. The number of rotatable bonds is 3. The van der Waals surface area contributed by atoms with Crippen molar-refractivity contribution in [2.45, 2.75) is 26.7 Å². The van der Waals surface area contributed by atoms with Crippen LogP contribution < -0.4 is 5.73 Å². The second-order valence-corrected chi connectivity index (χ2v) is 4.73. The van der Waals surface area contributed by atoms with Crippen molar-refractivity contribution < 1.29 is 24.6 Å². The predicted octanol–water partition coefficient (Wildman–Crippen LogP) is 0.0635. The number of carbonyl (C=O) groups is 3. The molecule has 1 saturated carbocycles. The van der Waals surface area contributed by atoms with Crippen molar-refractivity contribution in [3.05, 3.63) is 0 Å². The first-order valence-electron chi connectivity index (χ1n) is 4.94. The Bertz CT molecular complexity index is 346. The van der Waals surface area contributed by atoms with Gasteiger partial charge in [0.15, 0.2) is 5.41 Å². The van der Waals surface area contributed by atoms with Crippen LogP contribution in [-0.4, -0.2) is 28.1 Å². The Kier molecular flexibility index (Phi) is 2.70. The van der Waals surface area contributed by atoms with E-state index in [0.29, 0.717) is 0 Å². The normalized spacial score (nSPS) is 32.2. The summed E-state index contributed by atoms with van der Waals surface area (Å²) in [6, 6.07) is 0. The fourth-order valence-corrected chi connectivity index (χ4v) is 2.70. The molecule has 1 fully saturated rings. The quantitative estimate of drug-likeness (QED) is 0.591. The Morgan fingerprint density at radius 1 is 1.25 bits per heavy atom. The van der Waals surface area contributed by atoms with Crippen molar-refractivity contribution in [1.82, 2.24) is 0 Å². The third kappa shape index (κ3) is 1.29. The first-order valence-corrected chi connectivity index (χ1v) is 4.94. The summed E-state index contributed by atoms with van der Waals surface area (Å²) >= 11 is 0. The number of hydrogen-bond acceptors (Lipinski definition) is 3. The van der Waals surface area contributed by atoms with Gasteiger partial charge in [0.2, 0.25) is 5.91 Å². The first kappa shape index (κ1) is 12.5. The number of nitrogens with two attached hydrogens (primary N) is 1. The molecule has 4 N–H and O–H groups in total. The van der Waals surface area contributed by atoms with Gasteiger partial charge in [0, 0.05) is 5.41 Å². The maximum absolute atomic E-state index is 11.4. The number of aliphatic carboxylic acids is 2. The lowest BCUT2D eigenvalue weighted by molar-refractivity contribution is -0.164. The number of primary amides is 1. The van der Waals surface area contributed by atoms with E-state index in [1.54, 1.807) is 0 Å². The molecule has 0 aromatic carbocycles. The summed E-state index contributed by atoms with van der Waals surface area (Å²) in [4.78, 5) is 33.7. The summed E-state index contributed by atoms with van der Waals surface area (Å²) in [5.74, 6) is -4.26. The molecule has 0 aliphatic heterocycles. The van der Waals surface area contributed by atoms with E-state index in [1.165, 1.54) is 13.8 Å². The summed E-state index contributed by atoms with van der Waals surface area (Å²) in [5.41, 5.74) is 2.19. The zero-order valence-electron chi connectivity index (χ0n) is 9.19. The summed E-state index contributed by atoms with van der Waals surface area (Å²) in [7, 11) is 0. The number of amides is 1. The molecule has 0 radical (unpaired) electrons. The highest BCUT2D eigenvalue weighted by atomic mass is 16.4. The molecule has 0 saturated heterocycles. The highest BCUT2D eigenvalue weighted by molar-refractivity contribution is 6.03. The van der Waals surface area contributed by atoms with E-state index in [-0.39, 0.29) is 12.8 Å². The van der Waals surface area contributed by atoms with Gasteiger partial charge in [-0.25, -0.2) is 0 Å². The first-order chi connectivity index (χ1) is 7.18. The van der Waals surface area contributed by atoms with Gasteiger partial charge in [0.05, 0.1) is 5.92 Å². The van der Waals surface area contributed by atoms with Crippen molar-refractivity contribution in [2.75, 3.05) is 0 Å². The molecular formula is C10H15NO5. The van der Waals surface area contributed by atoms with E-state index < -0.39 is 34.6 Å². The minimum absolute atomic E-state index is 0.0262. The van der Waals surface area contributed by atoms with Crippen LogP contribution in [0, 0.1) is 16.7 Å². The van der Waals surface area contributed by atoms with Crippen molar-refractivity contribution in [1.29, 1.82) is 0 Å².